The van der Waals surface area contributed by atoms with Gasteiger partial charge in [-0.25, -0.2) is 0 Å². The molecule has 31 heavy (non-hydrogen) atoms. The van der Waals surface area contributed by atoms with E-state index in [1.165, 1.54) is 37.8 Å². The van der Waals surface area contributed by atoms with Gasteiger partial charge in [0.2, 0.25) is 0 Å². The first kappa shape index (κ1) is 21.6. The number of benzene rings is 1. The van der Waals surface area contributed by atoms with Crippen LogP contribution in [-0.4, -0.2) is 59.5 Å². The third-order valence-corrected chi connectivity index (χ3v) is 6.50. The van der Waals surface area contributed by atoms with Crippen LogP contribution >= 0.6 is 0 Å². The first-order valence-electron chi connectivity index (χ1n) is 11.6. The summed E-state index contributed by atoms with van der Waals surface area (Å²) in [5.74, 6) is 0.622. The average molecular weight is 424 g/mol. The zero-order chi connectivity index (χ0) is 21.5. The van der Waals surface area contributed by atoms with Crippen molar-refractivity contribution in [1.82, 2.24) is 14.8 Å². The minimum Gasteiger partial charge on any atom is -0.492 e. The number of aryl methyl sites for hydroxylation is 1. The fraction of sp³-hybridized carbons (Fsp3) is 0.520. The standard InChI is InChI=1S/C25H33N3O3/c29-24-23(10-6-13-26-24)25(30)28-16-4-3-15-27-14-2-1-8-21(27)12-11-20-7-5-9-22(19-20)31-18-17-28/h5-7,9-10,13,19,21H,1-4,8,11-12,14-18H2,(H,26,29). The number of amides is 1. The summed E-state index contributed by atoms with van der Waals surface area (Å²) in [5, 5.41) is 0. The quantitative estimate of drug-likeness (QED) is 0.763. The van der Waals surface area contributed by atoms with Crippen LogP contribution in [-0.2, 0) is 6.42 Å². The summed E-state index contributed by atoms with van der Waals surface area (Å²) in [5.41, 5.74) is 1.16. The average Bonchev–Trinajstić information content (AvgIpc) is 2.80. The van der Waals surface area contributed by atoms with Crippen LogP contribution in [0.1, 0.15) is 54.4 Å². The lowest BCUT2D eigenvalue weighted by atomic mass is 9.95. The van der Waals surface area contributed by atoms with Gasteiger partial charge in [-0.1, -0.05) is 18.6 Å². The molecule has 2 aliphatic rings. The molecule has 1 amide bonds. The Labute approximate surface area is 184 Å². The Balaban J connectivity index is 1.50. The fourth-order valence-electron chi connectivity index (χ4n) is 4.77. The second-order valence-corrected chi connectivity index (χ2v) is 8.63. The zero-order valence-electron chi connectivity index (χ0n) is 18.2. The van der Waals surface area contributed by atoms with E-state index in [1.807, 2.05) is 12.1 Å². The molecule has 1 saturated heterocycles. The van der Waals surface area contributed by atoms with Gasteiger partial charge >= 0.3 is 0 Å². The van der Waals surface area contributed by atoms with Gasteiger partial charge in [0.1, 0.15) is 17.9 Å². The van der Waals surface area contributed by atoms with Crippen molar-refractivity contribution in [2.24, 2.45) is 0 Å². The molecule has 6 nitrogen and oxygen atoms in total. The summed E-state index contributed by atoms with van der Waals surface area (Å²) in [6.45, 7) is 3.76. The lowest BCUT2D eigenvalue weighted by Crippen LogP contribution is -2.41. The van der Waals surface area contributed by atoms with Gasteiger partial charge < -0.3 is 19.5 Å². The molecule has 2 aromatic rings. The Morgan fingerprint density at radius 1 is 0.968 bits per heavy atom. The number of ether oxygens (including phenoxy) is 1. The van der Waals surface area contributed by atoms with Crippen LogP contribution in [0.25, 0.3) is 0 Å². The number of fused-ring (bicyclic) bond motifs is 3. The van der Waals surface area contributed by atoms with Gasteiger partial charge in [-0.05, 0) is 81.4 Å². The van der Waals surface area contributed by atoms with E-state index in [0.717, 1.165) is 31.6 Å². The molecule has 0 radical (unpaired) electrons. The van der Waals surface area contributed by atoms with Gasteiger partial charge in [0.05, 0.1) is 6.54 Å². The lowest BCUT2D eigenvalue weighted by Gasteiger charge is -2.36. The van der Waals surface area contributed by atoms with E-state index >= 15 is 0 Å². The zero-order valence-corrected chi connectivity index (χ0v) is 18.2. The van der Waals surface area contributed by atoms with Gasteiger partial charge in [0.25, 0.3) is 11.5 Å². The van der Waals surface area contributed by atoms with E-state index in [2.05, 4.69) is 22.0 Å². The molecule has 2 bridgehead atoms. The molecule has 0 aliphatic carbocycles. The summed E-state index contributed by atoms with van der Waals surface area (Å²) < 4.78 is 5.99. The Bertz CT molecular complexity index is 926. The van der Waals surface area contributed by atoms with E-state index < -0.39 is 0 Å². The van der Waals surface area contributed by atoms with E-state index in [1.54, 1.807) is 23.2 Å². The number of pyridine rings is 1. The van der Waals surface area contributed by atoms with Gasteiger partial charge in [0, 0.05) is 18.8 Å². The fourth-order valence-corrected chi connectivity index (χ4v) is 4.77. The van der Waals surface area contributed by atoms with Crippen LogP contribution in [0.5, 0.6) is 5.75 Å². The number of rotatable bonds is 1. The van der Waals surface area contributed by atoms with Crippen LogP contribution in [0.4, 0.5) is 0 Å². The van der Waals surface area contributed by atoms with Crippen LogP contribution in [0.3, 0.4) is 0 Å². The SMILES string of the molecule is O=C(c1ccc[nH]c1=O)N1CCCCN2CCCCC2CCc2cccc(c2)OCC1. The molecule has 3 heterocycles. The second-order valence-electron chi connectivity index (χ2n) is 8.63. The molecule has 1 unspecified atom stereocenters. The molecule has 6 heteroatoms. The Morgan fingerprint density at radius 2 is 1.81 bits per heavy atom. The van der Waals surface area contributed by atoms with Gasteiger partial charge in [-0.15, -0.1) is 0 Å². The minimum atomic E-state index is -0.340. The van der Waals surface area contributed by atoms with Crippen LogP contribution in [0.15, 0.2) is 47.4 Å². The number of H-pyrrole nitrogens is 1. The van der Waals surface area contributed by atoms with Crippen molar-refractivity contribution in [2.45, 2.75) is 51.0 Å². The highest BCUT2D eigenvalue weighted by Gasteiger charge is 2.23. The van der Waals surface area contributed by atoms with E-state index in [0.29, 0.717) is 25.7 Å². The maximum atomic E-state index is 13.1. The summed E-state index contributed by atoms with van der Waals surface area (Å²) in [4.78, 5) is 32.2. The normalized spacial score (nSPS) is 21.3. The number of carbonyl (C=O) groups is 1. The van der Waals surface area contributed by atoms with Gasteiger partial charge in [-0.3, -0.25) is 9.59 Å². The number of nitrogens with zero attached hydrogens (tertiary/aromatic N) is 2. The highest BCUT2D eigenvalue weighted by Crippen LogP contribution is 2.23. The Morgan fingerprint density at radius 3 is 2.68 bits per heavy atom. The Hall–Kier alpha value is -2.60. The molecule has 1 aromatic heterocycles. The highest BCUT2D eigenvalue weighted by atomic mass is 16.5. The largest absolute Gasteiger partial charge is 0.492 e. The van der Waals surface area contributed by atoms with Crippen LogP contribution < -0.4 is 10.3 Å². The molecule has 2 aliphatic heterocycles. The number of carbonyl (C=O) groups excluding carboxylic acids is 1. The van der Waals surface area contributed by atoms with Crippen molar-refractivity contribution in [1.29, 1.82) is 0 Å². The topological polar surface area (TPSA) is 65.6 Å². The van der Waals surface area contributed by atoms with Gasteiger partial charge in [0.15, 0.2) is 0 Å². The third-order valence-electron chi connectivity index (χ3n) is 6.50. The predicted octanol–water partition coefficient (Wildman–Crippen LogP) is 3.48. The first-order valence-corrected chi connectivity index (χ1v) is 11.6. The van der Waals surface area contributed by atoms with Crippen molar-refractivity contribution in [3.8, 4) is 5.75 Å². The summed E-state index contributed by atoms with van der Waals surface area (Å²) in [6, 6.07) is 12.3. The van der Waals surface area contributed by atoms with Gasteiger partial charge in [-0.2, -0.15) is 0 Å². The molecule has 0 saturated carbocycles. The molecular formula is C25H33N3O3. The molecule has 166 valence electrons. The third kappa shape index (κ3) is 5.76. The van der Waals surface area contributed by atoms with Crippen LogP contribution in [0, 0.1) is 0 Å². The summed E-state index contributed by atoms with van der Waals surface area (Å²) in [7, 11) is 0. The number of hydrogen-bond donors (Lipinski definition) is 1. The molecule has 1 atom stereocenters. The second kappa shape index (κ2) is 10.6. The van der Waals surface area contributed by atoms with E-state index in [4.69, 9.17) is 4.74 Å². The lowest BCUT2D eigenvalue weighted by molar-refractivity contribution is 0.0720. The smallest absolute Gasteiger partial charge is 0.260 e. The first-order chi connectivity index (χ1) is 15.2. The maximum Gasteiger partial charge on any atom is 0.260 e. The molecular weight excluding hydrogens is 390 g/mol. The van der Waals surface area contributed by atoms with Crippen molar-refractivity contribution in [3.63, 3.8) is 0 Å². The molecule has 0 spiro atoms. The molecule has 4 rings (SSSR count). The monoisotopic (exact) mass is 423 g/mol. The van der Waals surface area contributed by atoms with Crippen molar-refractivity contribution >= 4 is 5.91 Å². The maximum absolute atomic E-state index is 13.1. The number of nitrogens with one attached hydrogen (secondary N) is 1. The number of piperidine rings is 1. The molecule has 1 aromatic carbocycles. The number of hydrogen-bond acceptors (Lipinski definition) is 4. The van der Waals surface area contributed by atoms with E-state index in [-0.39, 0.29) is 17.0 Å². The van der Waals surface area contributed by atoms with Crippen molar-refractivity contribution < 1.29 is 9.53 Å². The van der Waals surface area contributed by atoms with Crippen LogP contribution in [0.2, 0.25) is 0 Å². The Kier molecular flexibility index (Phi) is 7.41. The number of aromatic nitrogens is 1. The van der Waals surface area contributed by atoms with Crippen molar-refractivity contribution in [3.05, 3.63) is 64.1 Å². The minimum absolute atomic E-state index is 0.193. The highest BCUT2D eigenvalue weighted by molar-refractivity contribution is 5.93. The molecule has 1 fully saturated rings. The predicted molar refractivity (Wildman–Crippen MR) is 122 cm³/mol. The summed E-state index contributed by atoms with van der Waals surface area (Å²) in [6.07, 6.45) is 9.66. The van der Waals surface area contributed by atoms with Crippen molar-refractivity contribution in [2.75, 3.05) is 32.8 Å². The molecule has 1 N–H and O–H groups in total. The summed E-state index contributed by atoms with van der Waals surface area (Å²) >= 11 is 0. The number of aromatic amines is 1. The van der Waals surface area contributed by atoms with E-state index in [9.17, 15) is 9.59 Å².